The normalized spacial score (nSPS) is 11.3. The number of hydrogen-bond donors (Lipinski definition) is 1. The van der Waals surface area contributed by atoms with Gasteiger partial charge in [0.15, 0.2) is 12.0 Å². The molecule has 1 amide bonds. The SMILES string of the molecule is Cn1cc(C(F)(F)F)cc(NC(=O)c2cc[nH+]cc2F)c1=O. The number of pyridine rings is 2. The number of alkyl halides is 3. The third kappa shape index (κ3) is 3.13. The minimum Gasteiger partial charge on any atom is -0.317 e. The number of aromatic nitrogens is 2. The van der Waals surface area contributed by atoms with Gasteiger partial charge in [0.05, 0.1) is 11.1 Å². The molecule has 0 aliphatic heterocycles. The second-order valence-electron chi connectivity index (χ2n) is 4.42. The first-order chi connectivity index (χ1) is 10.2. The summed E-state index contributed by atoms with van der Waals surface area (Å²) in [6.07, 6.45) is -1.91. The van der Waals surface area contributed by atoms with Crippen LogP contribution in [-0.2, 0) is 13.2 Å². The van der Waals surface area contributed by atoms with Crippen molar-refractivity contribution in [3.8, 4) is 0 Å². The van der Waals surface area contributed by atoms with Crippen LogP contribution in [0.1, 0.15) is 15.9 Å². The second-order valence-corrected chi connectivity index (χ2v) is 4.42. The van der Waals surface area contributed by atoms with Gasteiger partial charge in [-0.05, 0) is 6.07 Å². The largest absolute Gasteiger partial charge is 0.417 e. The van der Waals surface area contributed by atoms with E-state index in [1.54, 1.807) is 0 Å². The van der Waals surface area contributed by atoms with Crippen molar-refractivity contribution >= 4 is 11.6 Å². The van der Waals surface area contributed by atoms with Crippen LogP contribution in [-0.4, -0.2) is 10.5 Å². The first kappa shape index (κ1) is 15.7. The Morgan fingerprint density at radius 1 is 1.36 bits per heavy atom. The van der Waals surface area contributed by atoms with Gasteiger partial charge in [-0.25, -0.2) is 4.98 Å². The van der Waals surface area contributed by atoms with Crippen LogP contribution in [0.4, 0.5) is 23.2 Å². The van der Waals surface area contributed by atoms with Gasteiger partial charge in [-0.15, -0.1) is 0 Å². The van der Waals surface area contributed by atoms with E-state index in [2.05, 4.69) is 4.98 Å². The summed E-state index contributed by atoms with van der Waals surface area (Å²) >= 11 is 0. The van der Waals surface area contributed by atoms with Crippen LogP contribution in [0.2, 0.25) is 0 Å². The first-order valence-electron chi connectivity index (χ1n) is 5.95. The molecule has 0 aromatic carbocycles. The van der Waals surface area contributed by atoms with E-state index in [-0.39, 0.29) is 0 Å². The maximum Gasteiger partial charge on any atom is 0.417 e. The van der Waals surface area contributed by atoms with Gasteiger partial charge in [-0.3, -0.25) is 9.59 Å². The Morgan fingerprint density at radius 2 is 2.05 bits per heavy atom. The molecular formula is C13H10F4N3O2+. The highest BCUT2D eigenvalue weighted by molar-refractivity contribution is 6.04. The number of hydrogen-bond acceptors (Lipinski definition) is 2. The number of nitrogens with zero attached hydrogens (tertiary/aromatic N) is 1. The third-order valence-corrected chi connectivity index (χ3v) is 2.82. The standard InChI is InChI=1S/C13H9F4N3O2/c1-20-6-7(13(15,16)17)4-10(12(20)22)19-11(21)8-2-3-18-5-9(8)14/h2-6H,1H3,(H,19,21)/p+1. The number of halogens is 4. The Morgan fingerprint density at radius 3 is 2.64 bits per heavy atom. The van der Waals surface area contributed by atoms with Crippen LogP contribution < -0.4 is 15.9 Å². The zero-order chi connectivity index (χ0) is 16.5. The van der Waals surface area contributed by atoms with Crippen molar-refractivity contribution in [3.63, 3.8) is 0 Å². The fourth-order valence-electron chi connectivity index (χ4n) is 1.74. The van der Waals surface area contributed by atoms with E-state index in [9.17, 15) is 27.2 Å². The van der Waals surface area contributed by atoms with Gasteiger partial charge in [0.25, 0.3) is 11.5 Å². The van der Waals surface area contributed by atoms with Crippen LogP contribution in [0.5, 0.6) is 0 Å². The summed E-state index contributed by atoms with van der Waals surface area (Å²) in [6, 6.07) is 1.61. The predicted molar refractivity (Wildman–Crippen MR) is 67.6 cm³/mol. The molecule has 2 aromatic rings. The molecule has 0 atom stereocenters. The van der Waals surface area contributed by atoms with E-state index >= 15 is 0 Å². The molecule has 9 heteroatoms. The van der Waals surface area contributed by atoms with Crippen molar-refractivity contribution in [2.24, 2.45) is 7.05 Å². The molecule has 0 fully saturated rings. The van der Waals surface area contributed by atoms with Crippen LogP contribution >= 0.6 is 0 Å². The number of carbonyl (C=O) groups is 1. The minimum absolute atomic E-state index is 0.404. The van der Waals surface area contributed by atoms with E-state index in [1.165, 1.54) is 6.20 Å². The van der Waals surface area contributed by atoms with Gasteiger partial charge >= 0.3 is 6.18 Å². The zero-order valence-electron chi connectivity index (χ0n) is 11.2. The van der Waals surface area contributed by atoms with E-state index in [0.29, 0.717) is 16.8 Å². The van der Waals surface area contributed by atoms with Crippen LogP contribution in [0.3, 0.4) is 0 Å². The highest BCUT2D eigenvalue weighted by Crippen LogP contribution is 2.29. The van der Waals surface area contributed by atoms with Crippen LogP contribution in [0.15, 0.2) is 35.5 Å². The van der Waals surface area contributed by atoms with E-state index in [0.717, 1.165) is 19.3 Å². The lowest BCUT2D eigenvalue weighted by molar-refractivity contribution is -0.380. The zero-order valence-corrected chi connectivity index (χ0v) is 11.2. The molecule has 0 saturated carbocycles. The Hall–Kier alpha value is -2.71. The summed E-state index contributed by atoms with van der Waals surface area (Å²) in [7, 11) is 1.12. The number of aryl methyl sites for hydroxylation is 1. The molecule has 2 N–H and O–H groups in total. The molecular weight excluding hydrogens is 306 g/mol. The molecule has 2 rings (SSSR count). The molecule has 0 aliphatic carbocycles. The molecule has 0 aliphatic rings. The molecule has 0 spiro atoms. The van der Waals surface area contributed by atoms with Crippen molar-refractivity contribution in [1.82, 2.24) is 4.57 Å². The first-order valence-corrected chi connectivity index (χ1v) is 5.95. The fraction of sp³-hybridized carbons (Fsp3) is 0.154. The number of carbonyl (C=O) groups excluding carboxylic acids is 1. The molecule has 0 saturated heterocycles. The number of rotatable bonds is 2. The van der Waals surface area contributed by atoms with Crippen molar-refractivity contribution < 1.29 is 27.3 Å². The lowest BCUT2D eigenvalue weighted by Crippen LogP contribution is -2.26. The van der Waals surface area contributed by atoms with Crippen LogP contribution in [0.25, 0.3) is 0 Å². The molecule has 2 aromatic heterocycles. The summed E-state index contributed by atoms with van der Waals surface area (Å²) in [5.41, 5.74) is -2.94. The summed E-state index contributed by atoms with van der Waals surface area (Å²) in [5, 5.41) is 1.99. The highest BCUT2D eigenvalue weighted by Gasteiger charge is 2.32. The lowest BCUT2D eigenvalue weighted by Gasteiger charge is -2.11. The maximum absolute atomic E-state index is 13.4. The average Bonchev–Trinajstić information content (AvgIpc) is 2.42. The van der Waals surface area contributed by atoms with Gasteiger partial charge in [0.1, 0.15) is 5.69 Å². The number of aromatic amines is 1. The lowest BCUT2D eigenvalue weighted by atomic mass is 10.2. The highest BCUT2D eigenvalue weighted by atomic mass is 19.4. The van der Waals surface area contributed by atoms with Crippen molar-refractivity contribution in [2.45, 2.75) is 6.18 Å². The summed E-state index contributed by atoms with van der Waals surface area (Å²) in [5.74, 6) is -1.92. The summed E-state index contributed by atoms with van der Waals surface area (Å²) in [6.45, 7) is 0. The van der Waals surface area contributed by atoms with E-state index in [1.807, 2.05) is 5.32 Å². The van der Waals surface area contributed by atoms with Gasteiger partial charge in [-0.2, -0.15) is 17.6 Å². The Kier molecular flexibility index (Phi) is 3.98. The van der Waals surface area contributed by atoms with Crippen molar-refractivity contribution in [1.29, 1.82) is 0 Å². The Bertz CT molecular complexity index is 784. The summed E-state index contributed by atoms with van der Waals surface area (Å²) < 4.78 is 52.3. The van der Waals surface area contributed by atoms with Crippen molar-refractivity contribution in [2.75, 3.05) is 5.32 Å². The monoisotopic (exact) mass is 316 g/mol. The van der Waals surface area contributed by atoms with Crippen LogP contribution in [0, 0.1) is 5.82 Å². The Balaban J connectivity index is 2.42. The smallest absolute Gasteiger partial charge is 0.317 e. The molecule has 116 valence electrons. The van der Waals surface area contributed by atoms with Gasteiger partial charge in [0.2, 0.25) is 6.20 Å². The number of anilines is 1. The molecule has 0 bridgehead atoms. The average molecular weight is 316 g/mol. The van der Waals surface area contributed by atoms with E-state index in [4.69, 9.17) is 0 Å². The number of H-pyrrole nitrogens is 1. The number of amides is 1. The quantitative estimate of drug-likeness (QED) is 0.856. The third-order valence-electron chi connectivity index (χ3n) is 2.82. The molecule has 5 nitrogen and oxygen atoms in total. The van der Waals surface area contributed by atoms with Gasteiger partial charge in [0, 0.05) is 19.3 Å². The Labute approximate surface area is 121 Å². The molecule has 22 heavy (non-hydrogen) atoms. The topological polar surface area (TPSA) is 65.2 Å². The fourth-order valence-corrected chi connectivity index (χ4v) is 1.74. The molecule has 2 heterocycles. The molecule has 0 unspecified atom stereocenters. The molecule has 0 radical (unpaired) electrons. The minimum atomic E-state index is -4.68. The summed E-state index contributed by atoms with van der Waals surface area (Å²) in [4.78, 5) is 26.0. The van der Waals surface area contributed by atoms with Gasteiger partial charge < -0.3 is 9.88 Å². The predicted octanol–water partition coefficient (Wildman–Crippen LogP) is 1.61. The van der Waals surface area contributed by atoms with Gasteiger partial charge in [-0.1, -0.05) is 0 Å². The van der Waals surface area contributed by atoms with E-state index < -0.39 is 40.3 Å². The number of nitrogens with one attached hydrogen (secondary N) is 2. The maximum atomic E-state index is 13.4. The second kappa shape index (κ2) is 5.58. The van der Waals surface area contributed by atoms with Crippen molar-refractivity contribution in [3.05, 3.63) is 58.0 Å².